The molecule has 22 heavy (non-hydrogen) atoms. The zero-order chi connectivity index (χ0) is 15.4. The van der Waals surface area contributed by atoms with Crippen LogP contribution in [0, 0.1) is 6.92 Å². The molecule has 0 radical (unpaired) electrons. The van der Waals surface area contributed by atoms with E-state index in [0.29, 0.717) is 25.6 Å². The molecule has 1 fully saturated rings. The van der Waals surface area contributed by atoms with Gasteiger partial charge in [0.05, 0.1) is 13.2 Å². The molecule has 0 spiro atoms. The van der Waals surface area contributed by atoms with E-state index in [4.69, 9.17) is 4.74 Å². The van der Waals surface area contributed by atoms with Crippen molar-refractivity contribution in [3.8, 4) is 11.4 Å². The molecule has 1 aliphatic rings. The van der Waals surface area contributed by atoms with Gasteiger partial charge in [0.2, 0.25) is 5.91 Å². The average molecular weight is 298 g/mol. The summed E-state index contributed by atoms with van der Waals surface area (Å²) in [4.78, 5) is 20.7. The maximum atomic E-state index is 12.1. The van der Waals surface area contributed by atoms with Crippen LogP contribution in [0.4, 0.5) is 5.69 Å². The molecule has 114 valence electrons. The van der Waals surface area contributed by atoms with E-state index in [1.807, 2.05) is 37.3 Å². The second-order valence-electron chi connectivity index (χ2n) is 5.17. The van der Waals surface area contributed by atoms with Gasteiger partial charge in [-0.2, -0.15) is 0 Å². The van der Waals surface area contributed by atoms with Crippen molar-refractivity contribution in [2.75, 3.05) is 25.1 Å². The Bertz CT molecular complexity index is 651. The number of anilines is 1. The Kier molecular flexibility index (Phi) is 4.41. The van der Waals surface area contributed by atoms with Crippen LogP contribution < -0.4 is 10.6 Å². The lowest BCUT2D eigenvalue weighted by Gasteiger charge is -2.22. The third-order valence-electron chi connectivity index (χ3n) is 3.44. The summed E-state index contributed by atoms with van der Waals surface area (Å²) >= 11 is 0. The number of carbonyl (C=O) groups is 1. The van der Waals surface area contributed by atoms with Crippen molar-refractivity contribution in [2.45, 2.75) is 13.0 Å². The van der Waals surface area contributed by atoms with E-state index in [1.165, 1.54) is 0 Å². The van der Waals surface area contributed by atoms with E-state index < -0.39 is 0 Å². The standard InChI is InChI=1S/C16H18N4O2/c1-11-6-7-18-15(19-11)12-2-4-13(5-3-12)20-16(21)14-10-22-9-8-17-14/h2-7,14,17H,8-10H2,1H3,(H,20,21). The van der Waals surface area contributed by atoms with Gasteiger partial charge in [-0.05, 0) is 37.3 Å². The van der Waals surface area contributed by atoms with Crippen molar-refractivity contribution >= 4 is 11.6 Å². The molecular weight excluding hydrogens is 280 g/mol. The minimum absolute atomic E-state index is 0.0840. The molecule has 6 nitrogen and oxygen atoms in total. The second-order valence-corrected chi connectivity index (χ2v) is 5.17. The van der Waals surface area contributed by atoms with Gasteiger partial charge in [-0.1, -0.05) is 0 Å². The van der Waals surface area contributed by atoms with Gasteiger partial charge in [0.25, 0.3) is 0 Å². The van der Waals surface area contributed by atoms with Crippen LogP contribution in [-0.2, 0) is 9.53 Å². The number of aromatic nitrogens is 2. The predicted molar refractivity (Wildman–Crippen MR) is 83.4 cm³/mol. The number of aryl methyl sites for hydroxylation is 1. The van der Waals surface area contributed by atoms with Crippen LogP contribution in [0.5, 0.6) is 0 Å². The zero-order valence-electron chi connectivity index (χ0n) is 12.4. The van der Waals surface area contributed by atoms with Crippen molar-refractivity contribution < 1.29 is 9.53 Å². The fraction of sp³-hybridized carbons (Fsp3) is 0.312. The van der Waals surface area contributed by atoms with Gasteiger partial charge in [-0.25, -0.2) is 9.97 Å². The molecule has 1 atom stereocenters. The summed E-state index contributed by atoms with van der Waals surface area (Å²) in [5.41, 5.74) is 2.58. The molecule has 1 unspecified atom stereocenters. The Balaban J connectivity index is 1.67. The molecule has 1 aromatic heterocycles. The van der Waals surface area contributed by atoms with E-state index in [1.54, 1.807) is 6.20 Å². The molecule has 2 aromatic rings. The zero-order valence-corrected chi connectivity index (χ0v) is 12.4. The Labute approximate surface area is 128 Å². The molecule has 0 saturated carbocycles. The average Bonchev–Trinajstić information content (AvgIpc) is 2.56. The van der Waals surface area contributed by atoms with Crippen molar-refractivity contribution in [2.24, 2.45) is 0 Å². The number of hydrogen-bond donors (Lipinski definition) is 2. The Morgan fingerprint density at radius 2 is 2.14 bits per heavy atom. The van der Waals surface area contributed by atoms with Crippen LogP contribution in [0.25, 0.3) is 11.4 Å². The van der Waals surface area contributed by atoms with Crippen LogP contribution in [-0.4, -0.2) is 41.7 Å². The number of ether oxygens (including phenoxy) is 1. The minimum Gasteiger partial charge on any atom is -0.378 e. The molecule has 3 rings (SSSR count). The molecule has 0 bridgehead atoms. The first kappa shape index (κ1) is 14.6. The van der Waals surface area contributed by atoms with E-state index in [-0.39, 0.29) is 11.9 Å². The van der Waals surface area contributed by atoms with Gasteiger partial charge in [-0.3, -0.25) is 4.79 Å². The van der Waals surface area contributed by atoms with Crippen LogP contribution >= 0.6 is 0 Å². The highest BCUT2D eigenvalue weighted by Crippen LogP contribution is 2.18. The molecule has 6 heteroatoms. The third kappa shape index (κ3) is 3.47. The lowest BCUT2D eigenvalue weighted by molar-refractivity contribution is -0.120. The fourth-order valence-electron chi connectivity index (χ4n) is 2.25. The Morgan fingerprint density at radius 1 is 1.32 bits per heavy atom. The maximum Gasteiger partial charge on any atom is 0.243 e. The normalized spacial score (nSPS) is 18.0. The molecular formula is C16H18N4O2. The summed E-state index contributed by atoms with van der Waals surface area (Å²) in [6.07, 6.45) is 1.74. The van der Waals surface area contributed by atoms with Gasteiger partial charge >= 0.3 is 0 Å². The predicted octanol–water partition coefficient (Wildman–Crippen LogP) is 1.38. The lowest BCUT2D eigenvalue weighted by Crippen LogP contribution is -2.48. The SMILES string of the molecule is Cc1ccnc(-c2ccc(NC(=O)C3COCCN3)cc2)n1. The molecule has 1 aliphatic heterocycles. The number of carbonyl (C=O) groups excluding carboxylic acids is 1. The summed E-state index contributed by atoms with van der Waals surface area (Å²) in [5.74, 6) is 0.597. The highest BCUT2D eigenvalue weighted by molar-refractivity contribution is 5.95. The number of hydrogen-bond acceptors (Lipinski definition) is 5. The molecule has 1 amide bonds. The summed E-state index contributed by atoms with van der Waals surface area (Å²) in [6.45, 7) is 3.68. The summed E-state index contributed by atoms with van der Waals surface area (Å²) < 4.78 is 5.29. The topological polar surface area (TPSA) is 76.1 Å². The summed E-state index contributed by atoms with van der Waals surface area (Å²) in [7, 11) is 0. The second kappa shape index (κ2) is 6.64. The number of morpholine rings is 1. The van der Waals surface area contributed by atoms with Crippen molar-refractivity contribution in [1.29, 1.82) is 0 Å². The number of benzene rings is 1. The third-order valence-corrected chi connectivity index (χ3v) is 3.44. The first-order valence-corrected chi connectivity index (χ1v) is 7.24. The van der Waals surface area contributed by atoms with Crippen LogP contribution in [0.1, 0.15) is 5.69 Å². The van der Waals surface area contributed by atoms with E-state index in [0.717, 1.165) is 16.9 Å². The van der Waals surface area contributed by atoms with Crippen LogP contribution in [0.15, 0.2) is 36.5 Å². The first-order chi connectivity index (χ1) is 10.7. The molecule has 2 heterocycles. The number of nitrogens with zero attached hydrogens (tertiary/aromatic N) is 2. The number of rotatable bonds is 3. The smallest absolute Gasteiger partial charge is 0.243 e. The molecule has 2 N–H and O–H groups in total. The maximum absolute atomic E-state index is 12.1. The largest absolute Gasteiger partial charge is 0.378 e. The van der Waals surface area contributed by atoms with Crippen molar-refractivity contribution in [3.63, 3.8) is 0 Å². The van der Waals surface area contributed by atoms with E-state index in [2.05, 4.69) is 20.6 Å². The summed E-state index contributed by atoms with van der Waals surface area (Å²) in [6, 6.07) is 9.06. The molecule has 1 saturated heterocycles. The number of nitrogens with one attached hydrogen (secondary N) is 2. The van der Waals surface area contributed by atoms with Crippen molar-refractivity contribution in [1.82, 2.24) is 15.3 Å². The van der Waals surface area contributed by atoms with E-state index in [9.17, 15) is 4.79 Å². The first-order valence-electron chi connectivity index (χ1n) is 7.24. The van der Waals surface area contributed by atoms with Gasteiger partial charge in [0.15, 0.2) is 5.82 Å². The van der Waals surface area contributed by atoms with Gasteiger partial charge < -0.3 is 15.4 Å². The van der Waals surface area contributed by atoms with Gasteiger partial charge in [0.1, 0.15) is 6.04 Å². The van der Waals surface area contributed by atoms with E-state index >= 15 is 0 Å². The Hall–Kier alpha value is -2.31. The van der Waals surface area contributed by atoms with Crippen LogP contribution in [0.3, 0.4) is 0 Å². The Morgan fingerprint density at radius 3 is 2.82 bits per heavy atom. The fourth-order valence-corrected chi connectivity index (χ4v) is 2.25. The highest BCUT2D eigenvalue weighted by Gasteiger charge is 2.21. The summed E-state index contributed by atoms with van der Waals surface area (Å²) in [5, 5.41) is 6.00. The van der Waals surface area contributed by atoms with Crippen LogP contribution in [0.2, 0.25) is 0 Å². The number of amides is 1. The molecule has 0 aliphatic carbocycles. The minimum atomic E-state index is -0.298. The van der Waals surface area contributed by atoms with Crippen molar-refractivity contribution in [3.05, 3.63) is 42.2 Å². The molecule has 1 aromatic carbocycles. The van der Waals surface area contributed by atoms with Gasteiger partial charge in [-0.15, -0.1) is 0 Å². The quantitative estimate of drug-likeness (QED) is 0.895. The van der Waals surface area contributed by atoms with Gasteiger partial charge in [0, 0.05) is 29.7 Å². The highest BCUT2D eigenvalue weighted by atomic mass is 16.5. The lowest BCUT2D eigenvalue weighted by atomic mass is 10.2. The monoisotopic (exact) mass is 298 g/mol.